The van der Waals surface area contributed by atoms with Gasteiger partial charge in [-0.15, -0.1) is 0 Å². The van der Waals surface area contributed by atoms with Crippen LogP contribution in [0.1, 0.15) is 40.5 Å². The molecule has 1 saturated heterocycles. The Labute approximate surface area is 122 Å². The van der Waals surface area contributed by atoms with Gasteiger partial charge in [0.15, 0.2) is 0 Å². The van der Waals surface area contributed by atoms with Crippen LogP contribution in [0.25, 0.3) is 0 Å². The first kappa shape index (κ1) is 17.2. The van der Waals surface area contributed by atoms with E-state index in [9.17, 15) is 9.90 Å². The summed E-state index contributed by atoms with van der Waals surface area (Å²) in [5.41, 5.74) is 0. The van der Waals surface area contributed by atoms with E-state index in [0.717, 1.165) is 19.4 Å². The monoisotopic (exact) mass is 286 g/mol. The number of carbonyl (C=O) groups excluding carboxylic acids is 1. The maximum Gasteiger partial charge on any atom is 0.409 e. The molecule has 0 aromatic heterocycles. The third-order valence-corrected chi connectivity index (χ3v) is 3.85. The van der Waals surface area contributed by atoms with E-state index in [-0.39, 0.29) is 18.1 Å². The van der Waals surface area contributed by atoms with Gasteiger partial charge in [-0.3, -0.25) is 0 Å². The van der Waals surface area contributed by atoms with Gasteiger partial charge in [-0.2, -0.15) is 0 Å². The van der Waals surface area contributed by atoms with Crippen LogP contribution < -0.4 is 5.32 Å². The van der Waals surface area contributed by atoms with Gasteiger partial charge < -0.3 is 20.1 Å². The highest BCUT2D eigenvalue weighted by Crippen LogP contribution is 2.21. The fourth-order valence-electron chi connectivity index (χ4n) is 2.58. The summed E-state index contributed by atoms with van der Waals surface area (Å²) in [5.74, 6) is 0.782. The molecule has 5 nitrogen and oxygen atoms in total. The summed E-state index contributed by atoms with van der Waals surface area (Å²) in [6, 6.07) is 0.242. The molecule has 118 valence electrons. The van der Waals surface area contributed by atoms with Crippen molar-refractivity contribution >= 4 is 6.09 Å². The van der Waals surface area contributed by atoms with Crippen molar-refractivity contribution in [2.24, 2.45) is 11.8 Å². The van der Waals surface area contributed by atoms with Gasteiger partial charge in [0.05, 0.1) is 12.7 Å². The summed E-state index contributed by atoms with van der Waals surface area (Å²) in [4.78, 5) is 13.6. The summed E-state index contributed by atoms with van der Waals surface area (Å²) < 4.78 is 5.08. The second kappa shape index (κ2) is 8.47. The second-order valence-electron chi connectivity index (χ2n) is 6.17. The van der Waals surface area contributed by atoms with Gasteiger partial charge in [0.25, 0.3) is 0 Å². The van der Waals surface area contributed by atoms with Crippen LogP contribution in [-0.4, -0.2) is 54.5 Å². The summed E-state index contributed by atoms with van der Waals surface area (Å²) in [6.45, 7) is 10.6. The van der Waals surface area contributed by atoms with Crippen molar-refractivity contribution in [1.82, 2.24) is 10.2 Å². The maximum atomic E-state index is 11.9. The van der Waals surface area contributed by atoms with E-state index >= 15 is 0 Å². The zero-order chi connectivity index (χ0) is 15.1. The molecule has 0 aromatic carbocycles. The third-order valence-electron chi connectivity index (χ3n) is 3.85. The van der Waals surface area contributed by atoms with Gasteiger partial charge in [-0.25, -0.2) is 4.79 Å². The number of nitrogens with zero attached hydrogens (tertiary/aromatic N) is 1. The number of hydrogen-bond acceptors (Lipinski definition) is 4. The summed E-state index contributed by atoms with van der Waals surface area (Å²) in [5, 5.41) is 13.3. The predicted octanol–water partition coefficient (Wildman–Crippen LogP) is 1.85. The summed E-state index contributed by atoms with van der Waals surface area (Å²) >= 11 is 0. The van der Waals surface area contributed by atoms with Gasteiger partial charge in [-0.05, 0) is 39.2 Å². The SMILES string of the molecule is CCOC(=O)N1CC(NCCC(C)C)CC(C(C)O)C1. The van der Waals surface area contributed by atoms with Crippen LogP contribution in [0.5, 0.6) is 0 Å². The number of ether oxygens (including phenoxy) is 1. The Morgan fingerprint density at radius 1 is 1.40 bits per heavy atom. The van der Waals surface area contributed by atoms with E-state index < -0.39 is 6.10 Å². The van der Waals surface area contributed by atoms with Crippen LogP contribution in [0.4, 0.5) is 4.79 Å². The van der Waals surface area contributed by atoms with Gasteiger partial charge in [0, 0.05) is 25.0 Å². The van der Waals surface area contributed by atoms with Gasteiger partial charge in [-0.1, -0.05) is 13.8 Å². The maximum absolute atomic E-state index is 11.9. The molecule has 1 aliphatic rings. The third kappa shape index (κ3) is 5.67. The Bertz CT molecular complexity index is 295. The molecule has 3 unspecified atom stereocenters. The highest BCUT2D eigenvalue weighted by atomic mass is 16.6. The fourth-order valence-corrected chi connectivity index (χ4v) is 2.58. The minimum absolute atomic E-state index is 0.115. The quantitative estimate of drug-likeness (QED) is 0.782. The number of carbonyl (C=O) groups is 1. The zero-order valence-electron chi connectivity index (χ0n) is 13.3. The first-order chi connectivity index (χ1) is 9.43. The second-order valence-corrected chi connectivity index (χ2v) is 6.17. The highest BCUT2D eigenvalue weighted by molar-refractivity contribution is 5.67. The molecular formula is C15H30N2O3. The molecule has 0 saturated carbocycles. The van der Waals surface area contributed by atoms with Crippen molar-refractivity contribution in [2.45, 2.75) is 52.7 Å². The van der Waals surface area contributed by atoms with E-state index in [4.69, 9.17) is 4.74 Å². The van der Waals surface area contributed by atoms with Crippen molar-refractivity contribution in [3.05, 3.63) is 0 Å². The lowest BCUT2D eigenvalue weighted by Gasteiger charge is -2.38. The van der Waals surface area contributed by atoms with Crippen molar-refractivity contribution in [1.29, 1.82) is 0 Å². The van der Waals surface area contributed by atoms with Crippen LogP contribution in [-0.2, 0) is 4.74 Å². The lowest BCUT2D eigenvalue weighted by molar-refractivity contribution is 0.0377. The molecule has 3 atom stereocenters. The number of aliphatic hydroxyl groups excluding tert-OH is 1. The fraction of sp³-hybridized carbons (Fsp3) is 0.933. The Hall–Kier alpha value is -0.810. The number of amides is 1. The lowest BCUT2D eigenvalue weighted by atomic mass is 9.90. The molecule has 0 aromatic rings. The zero-order valence-corrected chi connectivity index (χ0v) is 13.3. The molecule has 1 heterocycles. The Morgan fingerprint density at radius 3 is 2.65 bits per heavy atom. The van der Waals surface area contributed by atoms with E-state index in [2.05, 4.69) is 19.2 Å². The van der Waals surface area contributed by atoms with Crippen molar-refractivity contribution in [3.8, 4) is 0 Å². The molecule has 0 spiro atoms. The molecule has 0 bridgehead atoms. The van der Waals surface area contributed by atoms with Gasteiger partial charge >= 0.3 is 6.09 Å². The topological polar surface area (TPSA) is 61.8 Å². The molecule has 20 heavy (non-hydrogen) atoms. The molecular weight excluding hydrogens is 256 g/mol. The summed E-state index contributed by atoms with van der Waals surface area (Å²) in [6.07, 6.45) is 1.36. The van der Waals surface area contributed by atoms with Gasteiger partial charge in [0.1, 0.15) is 0 Å². The predicted molar refractivity (Wildman–Crippen MR) is 79.6 cm³/mol. The van der Waals surface area contributed by atoms with E-state index in [1.807, 2.05) is 6.92 Å². The Balaban J connectivity index is 2.54. The largest absolute Gasteiger partial charge is 0.450 e. The van der Waals surface area contributed by atoms with E-state index in [1.54, 1.807) is 11.8 Å². The van der Waals surface area contributed by atoms with Crippen LogP contribution in [0, 0.1) is 11.8 Å². The molecule has 1 rings (SSSR count). The summed E-state index contributed by atoms with van der Waals surface area (Å²) in [7, 11) is 0. The molecule has 5 heteroatoms. The first-order valence-corrected chi connectivity index (χ1v) is 7.77. The van der Waals surface area contributed by atoms with Crippen LogP contribution >= 0.6 is 0 Å². The van der Waals surface area contributed by atoms with E-state index in [1.165, 1.54) is 0 Å². The van der Waals surface area contributed by atoms with Crippen LogP contribution in [0.3, 0.4) is 0 Å². The first-order valence-electron chi connectivity index (χ1n) is 7.77. The van der Waals surface area contributed by atoms with Crippen molar-refractivity contribution in [3.63, 3.8) is 0 Å². The number of rotatable bonds is 6. The molecule has 1 aliphatic heterocycles. The Kier molecular flexibility index (Phi) is 7.30. The molecule has 0 aliphatic carbocycles. The molecule has 2 N–H and O–H groups in total. The molecule has 0 radical (unpaired) electrons. The molecule has 1 amide bonds. The van der Waals surface area contributed by atoms with Crippen LogP contribution in [0.2, 0.25) is 0 Å². The Morgan fingerprint density at radius 2 is 2.10 bits per heavy atom. The smallest absolute Gasteiger partial charge is 0.409 e. The minimum atomic E-state index is -0.401. The number of piperidine rings is 1. The van der Waals surface area contributed by atoms with E-state index in [0.29, 0.717) is 25.6 Å². The normalized spacial score (nSPS) is 24.8. The molecule has 1 fully saturated rings. The minimum Gasteiger partial charge on any atom is -0.450 e. The average molecular weight is 286 g/mol. The van der Waals surface area contributed by atoms with Gasteiger partial charge in [0.2, 0.25) is 0 Å². The lowest BCUT2D eigenvalue weighted by Crippen LogP contribution is -2.53. The van der Waals surface area contributed by atoms with Crippen molar-refractivity contribution in [2.75, 3.05) is 26.2 Å². The van der Waals surface area contributed by atoms with Crippen LogP contribution in [0.15, 0.2) is 0 Å². The number of hydrogen-bond donors (Lipinski definition) is 2. The highest BCUT2D eigenvalue weighted by Gasteiger charge is 2.32. The number of aliphatic hydroxyl groups is 1. The van der Waals surface area contributed by atoms with Crippen molar-refractivity contribution < 1.29 is 14.6 Å². The number of likely N-dealkylation sites (tertiary alicyclic amines) is 1. The average Bonchev–Trinajstić information content (AvgIpc) is 2.38. The number of nitrogens with one attached hydrogen (secondary N) is 1. The standard InChI is InChI=1S/C15H30N2O3/c1-5-20-15(19)17-9-13(12(4)18)8-14(10-17)16-7-6-11(2)3/h11-14,16,18H,5-10H2,1-4H3.